The lowest BCUT2D eigenvalue weighted by Crippen LogP contribution is -2.26. The van der Waals surface area contributed by atoms with Crippen LogP contribution >= 0.6 is 11.6 Å². The highest BCUT2D eigenvalue weighted by Crippen LogP contribution is 2.37. The number of H-pyrrole nitrogens is 1. The molecule has 0 saturated heterocycles. The molecule has 26 heavy (non-hydrogen) atoms. The number of nitrogens with zero attached hydrogens (tertiary/aromatic N) is 5. The Kier molecular flexibility index (Phi) is 3.59. The number of aromatic amines is 1. The summed E-state index contributed by atoms with van der Waals surface area (Å²) in [7, 11) is 7.32. The van der Waals surface area contributed by atoms with E-state index in [0.717, 1.165) is 27.7 Å². The molecule has 0 bridgehead atoms. The summed E-state index contributed by atoms with van der Waals surface area (Å²) in [5, 5.41) is 6.48. The molecule has 134 valence electrons. The molecule has 0 radical (unpaired) electrons. The van der Waals surface area contributed by atoms with E-state index in [1.807, 2.05) is 40.2 Å². The Hall–Kier alpha value is -2.80. The first-order chi connectivity index (χ1) is 12.3. The predicted molar refractivity (Wildman–Crippen MR) is 105 cm³/mol. The third-order valence-corrected chi connectivity index (χ3v) is 5.20. The van der Waals surface area contributed by atoms with E-state index >= 15 is 0 Å². The quantitative estimate of drug-likeness (QED) is 0.589. The number of aryl methyl sites for hydroxylation is 2. The number of aromatic nitrogens is 5. The molecule has 4 rings (SSSR count). The van der Waals surface area contributed by atoms with E-state index in [1.54, 1.807) is 27.4 Å². The summed E-state index contributed by atoms with van der Waals surface area (Å²) in [6, 6.07) is 3.83. The van der Waals surface area contributed by atoms with Crippen LogP contribution in [0.2, 0.25) is 5.02 Å². The van der Waals surface area contributed by atoms with Crippen molar-refractivity contribution in [3.63, 3.8) is 0 Å². The highest BCUT2D eigenvalue weighted by molar-refractivity contribution is 6.38. The van der Waals surface area contributed by atoms with Gasteiger partial charge in [-0.05, 0) is 13.0 Å². The Balaban J connectivity index is 2.06. The minimum absolute atomic E-state index is 0.117. The van der Waals surface area contributed by atoms with Gasteiger partial charge in [-0.1, -0.05) is 17.7 Å². The fourth-order valence-electron chi connectivity index (χ4n) is 3.36. The Bertz CT molecular complexity index is 1230. The molecule has 0 aliphatic heterocycles. The molecule has 0 fully saturated rings. The first-order valence-corrected chi connectivity index (χ1v) is 8.56. The number of benzene rings is 1. The summed E-state index contributed by atoms with van der Waals surface area (Å²) in [5.41, 5.74) is 3.78. The van der Waals surface area contributed by atoms with Gasteiger partial charge in [0.1, 0.15) is 5.65 Å². The summed E-state index contributed by atoms with van der Waals surface area (Å²) in [5.74, 6) is 0.584. The molecule has 0 saturated carbocycles. The summed E-state index contributed by atoms with van der Waals surface area (Å²) in [6.45, 7) is 1.98. The SMILES string of the molecule is Cc1c2c(Cl)c(-c3c[nH]c4nc(N(C)C)n(C)c(=O)c34)ccc2nn1C. The third kappa shape index (κ3) is 2.17. The third-order valence-electron chi connectivity index (χ3n) is 4.80. The number of fused-ring (bicyclic) bond motifs is 2. The predicted octanol–water partition coefficient (Wildman–Crippen LogP) is 2.84. The average Bonchev–Trinajstić information content (AvgIpc) is 3.13. The molecule has 1 aromatic carbocycles. The summed E-state index contributed by atoms with van der Waals surface area (Å²) >= 11 is 6.72. The Morgan fingerprint density at radius 3 is 2.58 bits per heavy atom. The minimum Gasteiger partial charge on any atom is -0.348 e. The van der Waals surface area contributed by atoms with Crippen LogP contribution in [-0.2, 0) is 14.1 Å². The first kappa shape index (κ1) is 16.7. The van der Waals surface area contributed by atoms with Crippen LogP contribution in [0.5, 0.6) is 0 Å². The Morgan fingerprint density at radius 1 is 1.15 bits per heavy atom. The van der Waals surface area contributed by atoms with E-state index in [2.05, 4.69) is 15.1 Å². The molecule has 7 nitrogen and oxygen atoms in total. The largest absolute Gasteiger partial charge is 0.348 e. The zero-order chi connectivity index (χ0) is 18.7. The van der Waals surface area contributed by atoms with Gasteiger partial charge in [0.15, 0.2) is 0 Å². The van der Waals surface area contributed by atoms with Crippen molar-refractivity contribution < 1.29 is 0 Å². The number of nitrogens with one attached hydrogen (secondary N) is 1. The molecular formula is C18H19ClN6O. The summed E-state index contributed by atoms with van der Waals surface area (Å²) in [4.78, 5) is 22.5. The van der Waals surface area contributed by atoms with E-state index in [4.69, 9.17) is 11.6 Å². The Morgan fingerprint density at radius 2 is 1.88 bits per heavy atom. The number of halogens is 1. The molecule has 0 unspecified atom stereocenters. The fraction of sp³-hybridized carbons (Fsp3) is 0.278. The van der Waals surface area contributed by atoms with Crippen molar-refractivity contribution >= 4 is 39.5 Å². The number of hydrogen-bond donors (Lipinski definition) is 1. The van der Waals surface area contributed by atoms with Crippen LogP contribution in [0.1, 0.15) is 5.69 Å². The second kappa shape index (κ2) is 5.60. The van der Waals surface area contributed by atoms with Crippen molar-refractivity contribution in [2.24, 2.45) is 14.1 Å². The molecule has 0 aliphatic carbocycles. The maximum Gasteiger partial charge on any atom is 0.264 e. The molecule has 1 N–H and O–H groups in total. The van der Waals surface area contributed by atoms with Crippen molar-refractivity contribution in [3.8, 4) is 11.1 Å². The fourth-order valence-corrected chi connectivity index (χ4v) is 3.76. The van der Waals surface area contributed by atoms with Crippen LogP contribution in [-0.4, -0.2) is 38.4 Å². The second-order valence-corrected chi connectivity index (χ2v) is 7.00. The van der Waals surface area contributed by atoms with Crippen molar-refractivity contribution in [2.75, 3.05) is 19.0 Å². The monoisotopic (exact) mass is 370 g/mol. The highest BCUT2D eigenvalue weighted by Gasteiger charge is 2.20. The van der Waals surface area contributed by atoms with Gasteiger partial charge in [-0.15, -0.1) is 0 Å². The number of hydrogen-bond acceptors (Lipinski definition) is 4. The van der Waals surface area contributed by atoms with Gasteiger partial charge in [0.2, 0.25) is 5.95 Å². The normalized spacial score (nSPS) is 11.6. The van der Waals surface area contributed by atoms with Gasteiger partial charge in [-0.25, -0.2) is 0 Å². The minimum atomic E-state index is -0.117. The van der Waals surface area contributed by atoms with Gasteiger partial charge in [0.25, 0.3) is 5.56 Å². The molecule has 0 aliphatic rings. The second-order valence-electron chi connectivity index (χ2n) is 6.63. The maximum atomic E-state index is 13.0. The molecule has 0 spiro atoms. The zero-order valence-electron chi connectivity index (χ0n) is 15.3. The number of anilines is 1. The van der Waals surface area contributed by atoms with Gasteiger partial charge in [-0.3, -0.25) is 14.0 Å². The van der Waals surface area contributed by atoms with Gasteiger partial charge in [0.05, 0.1) is 15.9 Å². The van der Waals surface area contributed by atoms with Gasteiger partial charge < -0.3 is 9.88 Å². The Labute approximate surface area is 154 Å². The first-order valence-electron chi connectivity index (χ1n) is 8.19. The highest BCUT2D eigenvalue weighted by atomic mass is 35.5. The van der Waals surface area contributed by atoms with Crippen molar-refractivity contribution in [1.29, 1.82) is 0 Å². The smallest absolute Gasteiger partial charge is 0.264 e. The lowest BCUT2D eigenvalue weighted by molar-refractivity contribution is 0.751. The summed E-state index contributed by atoms with van der Waals surface area (Å²) < 4.78 is 3.35. The van der Waals surface area contributed by atoms with Gasteiger partial charge in [-0.2, -0.15) is 10.1 Å². The van der Waals surface area contributed by atoms with Gasteiger partial charge >= 0.3 is 0 Å². The molecular weight excluding hydrogens is 352 g/mol. The van der Waals surface area contributed by atoms with Crippen LogP contribution in [0.3, 0.4) is 0 Å². The van der Waals surface area contributed by atoms with Crippen molar-refractivity contribution in [1.82, 2.24) is 24.3 Å². The molecule has 0 amide bonds. The zero-order valence-corrected chi connectivity index (χ0v) is 16.0. The van der Waals surface area contributed by atoms with Crippen molar-refractivity contribution in [2.45, 2.75) is 6.92 Å². The van der Waals surface area contributed by atoms with E-state index in [-0.39, 0.29) is 5.56 Å². The summed E-state index contributed by atoms with van der Waals surface area (Å²) in [6.07, 6.45) is 1.79. The van der Waals surface area contributed by atoms with Crippen LogP contribution in [0.25, 0.3) is 33.1 Å². The molecule has 3 aromatic heterocycles. The molecule has 4 aromatic rings. The van der Waals surface area contributed by atoms with Crippen LogP contribution < -0.4 is 10.5 Å². The number of rotatable bonds is 2. The maximum absolute atomic E-state index is 13.0. The van der Waals surface area contributed by atoms with Crippen molar-refractivity contribution in [3.05, 3.63) is 39.4 Å². The molecule has 8 heteroatoms. The molecule has 0 atom stereocenters. The van der Waals surface area contributed by atoms with Crippen LogP contribution in [0.15, 0.2) is 23.1 Å². The lowest BCUT2D eigenvalue weighted by atomic mass is 10.0. The standard InChI is InChI=1S/C18H19ClN6O/c1-9-13-12(22-25(9)5)7-6-10(15(13)19)11-8-20-16-14(11)17(26)24(4)18(21-16)23(2)3/h6-8,20H,1-5H3. The van der Waals surface area contributed by atoms with E-state index < -0.39 is 0 Å². The van der Waals surface area contributed by atoms with Crippen LogP contribution in [0, 0.1) is 6.92 Å². The van der Waals surface area contributed by atoms with Gasteiger partial charge in [0, 0.05) is 56.6 Å². The van der Waals surface area contributed by atoms with E-state index in [0.29, 0.717) is 22.0 Å². The molecule has 3 heterocycles. The lowest BCUT2D eigenvalue weighted by Gasteiger charge is -2.15. The van der Waals surface area contributed by atoms with Crippen LogP contribution in [0.4, 0.5) is 5.95 Å². The topological polar surface area (TPSA) is 71.7 Å². The van der Waals surface area contributed by atoms with E-state index in [1.165, 1.54) is 0 Å². The average molecular weight is 371 g/mol. The van der Waals surface area contributed by atoms with E-state index in [9.17, 15) is 4.79 Å².